The molecule has 1 atom stereocenters. The molecule has 1 aromatic heterocycles. The monoisotopic (exact) mass is 253 g/mol. The summed E-state index contributed by atoms with van der Waals surface area (Å²) in [6, 6.07) is 1.44. The lowest BCUT2D eigenvalue weighted by atomic mass is 10.1. The summed E-state index contributed by atoms with van der Waals surface area (Å²) in [7, 11) is 0. The number of aromatic carboxylic acids is 1. The molecule has 0 saturated carbocycles. The highest BCUT2D eigenvalue weighted by molar-refractivity contribution is 5.87. The molecule has 0 amide bonds. The summed E-state index contributed by atoms with van der Waals surface area (Å²) in [5.74, 6) is -0.810. The lowest BCUT2D eigenvalue weighted by Gasteiger charge is -2.17. The van der Waals surface area contributed by atoms with E-state index in [1.165, 1.54) is 25.3 Å². The van der Waals surface area contributed by atoms with Crippen molar-refractivity contribution in [3.05, 3.63) is 35.5 Å². The van der Waals surface area contributed by atoms with Crippen LogP contribution in [0.4, 0.5) is 4.39 Å². The van der Waals surface area contributed by atoms with Crippen molar-refractivity contribution < 1.29 is 19.0 Å². The molecule has 1 aromatic rings. The molecular weight excluding hydrogens is 237 g/mol. The number of pyridine rings is 1. The van der Waals surface area contributed by atoms with Crippen molar-refractivity contribution >= 4 is 5.97 Å². The summed E-state index contributed by atoms with van der Waals surface area (Å²) in [5.41, 5.74) is -0.934. The fourth-order valence-corrected chi connectivity index (χ4v) is 1.44. The van der Waals surface area contributed by atoms with Gasteiger partial charge in [0.25, 0.3) is 0 Å². The highest BCUT2D eigenvalue weighted by Crippen LogP contribution is 2.19. The van der Waals surface area contributed by atoms with Crippen molar-refractivity contribution in [2.24, 2.45) is 0 Å². The molecule has 98 valence electrons. The van der Waals surface area contributed by atoms with Gasteiger partial charge in [-0.25, -0.2) is 14.2 Å². The van der Waals surface area contributed by atoms with Crippen molar-refractivity contribution in [1.82, 2.24) is 4.98 Å². The van der Waals surface area contributed by atoms with E-state index in [9.17, 15) is 9.18 Å². The lowest BCUT2D eigenvalue weighted by molar-refractivity contribution is 0.0696. The molecule has 0 aromatic carbocycles. The molecule has 0 aliphatic carbocycles. The molecule has 4 nitrogen and oxygen atoms in total. The Kier molecular flexibility index (Phi) is 4.42. The number of allylic oxidation sites excluding steroid dienone is 1. The molecule has 1 unspecified atom stereocenters. The van der Waals surface area contributed by atoms with Crippen molar-refractivity contribution in [1.29, 1.82) is 0 Å². The standard InChI is InChI=1S/C13H16FNO3/c1-4-5-13(3,14)8-18-11-9(2)6-10(7-15-11)12(16)17/h4-7H,8H2,1-3H3,(H,16,17)/b5-4+. The molecule has 5 heteroatoms. The van der Waals surface area contributed by atoms with Crippen LogP contribution in [0.2, 0.25) is 0 Å². The number of halogens is 1. The number of alkyl halides is 1. The van der Waals surface area contributed by atoms with E-state index >= 15 is 0 Å². The molecule has 0 aliphatic rings. The van der Waals surface area contributed by atoms with Gasteiger partial charge in [0.2, 0.25) is 5.88 Å². The second-order valence-corrected chi connectivity index (χ2v) is 4.22. The predicted molar refractivity (Wildman–Crippen MR) is 65.8 cm³/mol. The molecule has 1 N–H and O–H groups in total. The predicted octanol–water partition coefficient (Wildman–Crippen LogP) is 2.77. The third-order valence-corrected chi connectivity index (χ3v) is 2.28. The highest BCUT2D eigenvalue weighted by Gasteiger charge is 2.20. The minimum Gasteiger partial charge on any atom is -0.478 e. The maximum Gasteiger partial charge on any atom is 0.337 e. The van der Waals surface area contributed by atoms with E-state index in [1.54, 1.807) is 19.9 Å². The first-order valence-electron chi connectivity index (χ1n) is 5.51. The molecule has 18 heavy (non-hydrogen) atoms. The fourth-order valence-electron chi connectivity index (χ4n) is 1.44. The molecular formula is C13H16FNO3. The Morgan fingerprint density at radius 2 is 2.33 bits per heavy atom. The molecule has 0 radical (unpaired) electrons. The quantitative estimate of drug-likeness (QED) is 0.820. The summed E-state index contributed by atoms with van der Waals surface area (Å²) in [6.45, 7) is 4.62. The van der Waals surface area contributed by atoms with Gasteiger partial charge in [0, 0.05) is 11.8 Å². The molecule has 0 aliphatic heterocycles. The van der Waals surface area contributed by atoms with Gasteiger partial charge in [0.1, 0.15) is 6.61 Å². The van der Waals surface area contributed by atoms with Gasteiger partial charge in [-0.15, -0.1) is 0 Å². The normalized spacial score (nSPS) is 14.4. The van der Waals surface area contributed by atoms with E-state index < -0.39 is 11.6 Å². The van der Waals surface area contributed by atoms with Crippen LogP contribution in [0.1, 0.15) is 29.8 Å². The zero-order valence-corrected chi connectivity index (χ0v) is 10.6. The minimum atomic E-state index is -1.58. The second-order valence-electron chi connectivity index (χ2n) is 4.22. The zero-order chi connectivity index (χ0) is 13.8. The first-order valence-corrected chi connectivity index (χ1v) is 5.51. The van der Waals surface area contributed by atoms with E-state index in [0.717, 1.165) is 0 Å². The summed E-state index contributed by atoms with van der Waals surface area (Å²) >= 11 is 0. The Morgan fingerprint density at radius 1 is 1.67 bits per heavy atom. The van der Waals surface area contributed by atoms with Crippen LogP contribution < -0.4 is 4.74 Å². The van der Waals surface area contributed by atoms with E-state index in [2.05, 4.69) is 4.98 Å². The maximum absolute atomic E-state index is 13.8. The zero-order valence-electron chi connectivity index (χ0n) is 10.6. The summed E-state index contributed by atoms with van der Waals surface area (Å²) in [6.07, 6.45) is 4.20. The summed E-state index contributed by atoms with van der Waals surface area (Å²) in [4.78, 5) is 14.6. The van der Waals surface area contributed by atoms with Crippen molar-refractivity contribution in [3.63, 3.8) is 0 Å². The van der Waals surface area contributed by atoms with Gasteiger partial charge in [-0.05, 0) is 32.9 Å². The first kappa shape index (κ1) is 14.2. The van der Waals surface area contributed by atoms with Crippen LogP contribution in [0.15, 0.2) is 24.4 Å². The number of hydrogen-bond acceptors (Lipinski definition) is 3. The molecule has 1 rings (SSSR count). The average molecular weight is 253 g/mol. The van der Waals surface area contributed by atoms with E-state index in [4.69, 9.17) is 9.84 Å². The Bertz CT molecular complexity index is 469. The smallest absolute Gasteiger partial charge is 0.337 e. The van der Waals surface area contributed by atoms with Gasteiger partial charge in [0.15, 0.2) is 5.67 Å². The number of aryl methyl sites for hydroxylation is 1. The maximum atomic E-state index is 13.8. The van der Waals surface area contributed by atoms with Gasteiger partial charge < -0.3 is 9.84 Å². The van der Waals surface area contributed by atoms with Crippen LogP contribution in [0.25, 0.3) is 0 Å². The van der Waals surface area contributed by atoms with Crippen molar-refractivity contribution in [2.45, 2.75) is 26.4 Å². The van der Waals surface area contributed by atoms with E-state index in [1.807, 2.05) is 0 Å². The molecule has 0 saturated heterocycles. The molecule has 0 fully saturated rings. The van der Waals surface area contributed by atoms with Gasteiger partial charge in [-0.1, -0.05) is 6.08 Å². The third kappa shape index (κ3) is 3.84. The number of aromatic nitrogens is 1. The summed E-state index contributed by atoms with van der Waals surface area (Å²) in [5, 5.41) is 8.78. The SMILES string of the molecule is C/C=C/C(C)(F)COc1ncc(C(=O)O)cc1C. The van der Waals surface area contributed by atoms with Crippen LogP contribution in [-0.2, 0) is 0 Å². The number of rotatable bonds is 5. The minimum absolute atomic E-state index is 0.0799. The van der Waals surface area contributed by atoms with Crippen LogP contribution in [-0.4, -0.2) is 28.3 Å². The van der Waals surface area contributed by atoms with Crippen LogP contribution >= 0.6 is 0 Å². The van der Waals surface area contributed by atoms with Gasteiger partial charge in [-0.2, -0.15) is 0 Å². The lowest BCUT2D eigenvalue weighted by Crippen LogP contribution is -2.25. The Morgan fingerprint density at radius 3 is 2.83 bits per heavy atom. The highest BCUT2D eigenvalue weighted by atomic mass is 19.1. The van der Waals surface area contributed by atoms with Crippen LogP contribution in [0.5, 0.6) is 5.88 Å². The van der Waals surface area contributed by atoms with Crippen LogP contribution in [0, 0.1) is 6.92 Å². The van der Waals surface area contributed by atoms with Crippen molar-refractivity contribution in [3.8, 4) is 5.88 Å². The van der Waals surface area contributed by atoms with E-state index in [-0.39, 0.29) is 18.1 Å². The summed E-state index contributed by atoms with van der Waals surface area (Å²) < 4.78 is 19.0. The topological polar surface area (TPSA) is 59.4 Å². The van der Waals surface area contributed by atoms with Gasteiger partial charge in [-0.3, -0.25) is 0 Å². The fraction of sp³-hybridized carbons (Fsp3) is 0.385. The Balaban J connectivity index is 2.78. The number of carbonyl (C=O) groups is 1. The first-order chi connectivity index (χ1) is 8.35. The molecule has 1 heterocycles. The Hall–Kier alpha value is -1.91. The van der Waals surface area contributed by atoms with E-state index in [0.29, 0.717) is 5.56 Å². The molecule has 0 spiro atoms. The largest absolute Gasteiger partial charge is 0.478 e. The number of nitrogens with zero attached hydrogens (tertiary/aromatic N) is 1. The Labute approximate surface area is 105 Å². The van der Waals surface area contributed by atoms with Gasteiger partial charge >= 0.3 is 5.97 Å². The number of carboxylic acids is 1. The van der Waals surface area contributed by atoms with Crippen LogP contribution in [0.3, 0.4) is 0 Å². The number of hydrogen-bond donors (Lipinski definition) is 1. The average Bonchev–Trinajstić information content (AvgIpc) is 2.27. The number of ether oxygens (including phenoxy) is 1. The third-order valence-electron chi connectivity index (χ3n) is 2.28. The second kappa shape index (κ2) is 5.62. The molecule has 0 bridgehead atoms. The van der Waals surface area contributed by atoms with Gasteiger partial charge in [0.05, 0.1) is 5.56 Å². The van der Waals surface area contributed by atoms with Crippen molar-refractivity contribution in [2.75, 3.05) is 6.61 Å². The number of carboxylic acid groups (broad SMARTS) is 1.